The summed E-state index contributed by atoms with van der Waals surface area (Å²) in [7, 11) is 1.55. The first-order chi connectivity index (χ1) is 7.82. The predicted octanol–water partition coefficient (Wildman–Crippen LogP) is 1.20. The van der Waals surface area contributed by atoms with Crippen molar-refractivity contribution in [2.24, 2.45) is 0 Å². The van der Waals surface area contributed by atoms with Gasteiger partial charge in [-0.05, 0) is 20.8 Å². The smallest absolute Gasteiger partial charge is 0.325 e. The second-order valence-corrected chi connectivity index (χ2v) is 5.98. The van der Waals surface area contributed by atoms with Gasteiger partial charge in [-0.15, -0.1) is 0 Å². The fraction of sp³-hybridized carbons (Fsp3) is 0.818. The largest absolute Gasteiger partial charge is 0.465 e. The van der Waals surface area contributed by atoms with Gasteiger partial charge in [-0.25, -0.2) is 0 Å². The van der Waals surface area contributed by atoms with Crippen molar-refractivity contribution in [2.45, 2.75) is 25.1 Å². The number of carbonyl (C=O) groups excluding carboxylic acids is 2. The molecule has 0 fully saturated rings. The van der Waals surface area contributed by atoms with Gasteiger partial charge in [-0.2, -0.15) is 0 Å². The van der Waals surface area contributed by atoms with Gasteiger partial charge in [0.1, 0.15) is 6.54 Å². The standard InChI is InChI=1S/C11H20BrNO4/c1-5-17-9(14)8-13(6-7-16-4)10(15)11(2,3)12/h5-8H2,1-4H3. The van der Waals surface area contributed by atoms with E-state index in [1.54, 1.807) is 27.9 Å². The lowest BCUT2D eigenvalue weighted by Crippen LogP contribution is -2.46. The Morgan fingerprint density at radius 3 is 2.35 bits per heavy atom. The maximum Gasteiger partial charge on any atom is 0.325 e. The molecule has 0 unspecified atom stereocenters. The van der Waals surface area contributed by atoms with Crippen molar-refractivity contribution in [1.82, 2.24) is 4.90 Å². The molecule has 0 heterocycles. The molecule has 0 spiro atoms. The fourth-order valence-electron chi connectivity index (χ4n) is 1.19. The molecule has 0 aromatic rings. The van der Waals surface area contributed by atoms with Crippen LogP contribution in [0.3, 0.4) is 0 Å². The van der Waals surface area contributed by atoms with E-state index in [4.69, 9.17) is 9.47 Å². The molecular weight excluding hydrogens is 290 g/mol. The Morgan fingerprint density at radius 2 is 1.94 bits per heavy atom. The number of ether oxygens (including phenoxy) is 2. The van der Waals surface area contributed by atoms with Crippen molar-refractivity contribution in [1.29, 1.82) is 0 Å². The van der Waals surface area contributed by atoms with Crippen LogP contribution >= 0.6 is 15.9 Å². The molecule has 0 bridgehead atoms. The molecule has 0 aromatic carbocycles. The number of carbonyl (C=O) groups is 2. The Hall–Kier alpha value is -0.620. The molecule has 100 valence electrons. The Bertz CT molecular complexity index is 263. The number of methoxy groups -OCH3 is 1. The SMILES string of the molecule is CCOC(=O)CN(CCOC)C(=O)C(C)(C)Br. The molecule has 6 heteroatoms. The minimum absolute atomic E-state index is 0.0505. The lowest BCUT2D eigenvalue weighted by Gasteiger charge is -2.27. The van der Waals surface area contributed by atoms with E-state index in [9.17, 15) is 9.59 Å². The van der Waals surface area contributed by atoms with Crippen LogP contribution in [0, 0.1) is 0 Å². The van der Waals surface area contributed by atoms with E-state index in [0.29, 0.717) is 19.8 Å². The van der Waals surface area contributed by atoms with Crippen LogP contribution in [0.15, 0.2) is 0 Å². The zero-order valence-corrected chi connectivity index (χ0v) is 12.4. The molecule has 0 saturated heterocycles. The molecule has 5 nitrogen and oxygen atoms in total. The van der Waals surface area contributed by atoms with E-state index in [1.165, 1.54) is 4.90 Å². The van der Waals surface area contributed by atoms with Gasteiger partial charge < -0.3 is 14.4 Å². The highest BCUT2D eigenvalue weighted by molar-refractivity contribution is 9.10. The van der Waals surface area contributed by atoms with Gasteiger partial charge in [0, 0.05) is 13.7 Å². The number of esters is 1. The van der Waals surface area contributed by atoms with Crippen molar-refractivity contribution in [3.05, 3.63) is 0 Å². The van der Waals surface area contributed by atoms with E-state index in [0.717, 1.165) is 0 Å². The van der Waals surface area contributed by atoms with E-state index < -0.39 is 10.3 Å². The summed E-state index contributed by atoms with van der Waals surface area (Å²) in [5.41, 5.74) is 0. The summed E-state index contributed by atoms with van der Waals surface area (Å²) in [5, 5.41) is 0. The summed E-state index contributed by atoms with van der Waals surface area (Å²) in [6.45, 7) is 6.21. The molecule has 0 atom stereocenters. The minimum Gasteiger partial charge on any atom is -0.465 e. The summed E-state index contributed by atoms with van der Waals surface area (Å²) < 4.78 is 9.04. The first-order valence-electron chi connectivity index (χ1n) is 5.45. The van der Waals surface area contributed by atoms with E-state index >= 15 is 0 Å². The van der Waals surface area contributed by atoms with Crippen LogP contribution in [-0.2, 0) is 19.1 Å². The summed E-state index contributed by atoms with van der Waals surface area (Å²) in [6, 6.07) is 0. The number of amides is 1. The quantitative estimate of drug-likeness (QED) is 0.524. The maximum atomic E-state index is 12.0. The van der Waals surface area contributed by atoms with E-state index in [-0.39, 0.29) is 12.5 Å². The van der Waals surface area contributed by atoms with Gasteiger partial charge >= 0.3 is 5.97 Å². The fourth-order valence-corrected chi connectivity index (χ4v) is 1.44. The van der Waals surface area contributed by atoms with E-state index in [1.807, 2.05) is 0 Å². The van der Waals surface area contributed by atoms with E-state index in [2.05, 4.69) is 15.9 Å². The van der Waals surface area contributed by atoms with Crippen molar-refractivity contribution in [2.75, 3.05) is 33.4 Å². The molecule has 17 heavy (non-hydrogen) atoms. The van der Waals surface area contributed by atoms with Gasteiger partial charge in [0.25, 0.3) is 0 Å². The van der Waals surface area contributed by atoms with Crippen LogP contribution in [0.4, 0.5) is 0 Å². The van der Waals surface area contributed by atoms with Gasteiger partial charge in [0.2, 0.25) is 5.91 Å². The lowest BCUT2D eigenvalue weighted by molar-refractivity contribution is -0.149. The molecule has 0 aromatic heterocycles. The van der Waals surface area contributed by atoms with Crippen molar-refractivity contribution in [3.63, 3.8) is 0 Å². The minimum atomic E-state index is -0.701. The highest BCUT2D eigenvalue weighted by atomic mass is 79.9. The summed E-state index contributed by atoms with van der Waals surface area (Å²) in [6.07, 6.45) is 0. The Balaban J connectivity index is 4.53. The van der Waals surface area contributed by atoms with Crippen LogP contribution in [0.2, 0.25) is 0 Å². The summed E-state index contributed by atoms with van der Waals surface area (Å²) >= 11 is 3.28. The third kappa shape index (κ3) is 6.63. The molecule has 0 aliphatic carbocycles. The topological polar surface area (TPSA) is 55.8 Å². The second-order valence-electron chi connectivity index (χ2n) is 4.00. The molecular formula is C11H20BrNO4. The predicted molar refractivity (Wildman–Crippen MR) is 68.1 cm³/mol. The van der Waals surface area contributed by atoms with Crippen molar-refractivity contribution in [3.8, 4) is 0 Å². The molecule has 0 aliphatic heterocycles. The van der Waals surface area contributed by atoms with Crippen molar-refractivity contribution < 1.29 is 19.1 Å². The van der Waals surface area contributed by atoms with Gasteiger partial charge in [-0.3, -0.25) is 9.59 Å². The highest BCUT2D eigenvalue weighted by Gasteiger charge is 2.30. The zero-order chi connectivity index (χ0) is 13.5. The number of nitrogens with zero attached hydrogens (tertiary/aromatic N) is 1. The normalized spacial score (nSPS) is 11.1. The lowest BCUT2D eigenvalue weighted by atomic mass is 10.2. The monoisotopic (exact) mass is 309 g/mol. The maximum absolute atomic E-state index is 12.0. The number of hydrogen-bond donors (Lipinski definition) is 0. The first kappa shape index (κ1) is 16.4. The Kier molecular flexibility index (Phi) is 7.38. The van der Waals surface area contributed by atoms with Crippen LogP contribution in [0.5, 0.6) is 0 Å². The van der Waals surface area contributed by atoms with Crippen LogP contribution in [0.25, 0.3) is 0 Å². The third-order valence-electron chi connectivity index (χ3n) is 1.99. The van der Waals surface area contributed by atoms with Gasteiger partial charge in [0.05, 0.1) is 17.5 Å². The van der Waals surface area contributed by atoms with Crippen LogP contribution in [0.1, 0.15) is 20.8 Å². The average molecular weight is 310 g/mol. The van der Waals surface area contributed by atoms with Crippen molar-refractivity contribution >= 4 is 27.8 Å². The van der Waals surface area contributed by atoms with Gasteiger partial charge in [0.15, 0.2) is 0 Å². The zero-order valence-electron chi connectivity index (χ0n) is 10.8. The molecule has 1 amide bonds. The van der Waals surface area contributed by atoms with Gasteiger partial charge in [-0.1, -0.05) is 15.9 Å². The Morgan fingerprint density at radius 1 is 1.35 bits per heavy atom. The summed E-state index contributed by atoms with van der Waals surface area (Å²) in [4.78, 5) is 24.8. The third-order valence-corrected chi connectivity index (χ3v) is 2.33. The molecule has 0 saturated carbocycles. The number of alkyl halides is 1. The molecule has 0 radical (unpaired) electrons. The number of hydrogen-bond acceptors (Lipinski definition) is 4. The second kappa shape index (κ2) is 7.66. The molecule has 0 aliphatic rings. The number of rotatable bonds is 7. The summed E-state index contributed by atoms with van der Waals surface area (Å²) in [5.74, 6) is -0.573. The van der Waals surface area contributed by atoms with Crippen LogP contribution in [-0.4, -0.2) is 54.5 Å². The number of halogens is 1. The Labute approximate surface area is 111 Å². The van der Waals surface area contributed by atoms with Crippen LogP contribution < -0.4 is 0 Å². The molecule has 0 N–H and O–H groups in total. The average Bonchev–Trinajstić information content (AvgIpc) is 2.22. The highest BCUT2D eigenvalue weighted by Crippen LogP contribution is 2.19. The first-order valence-corrected chi connectivity index (χ1v) is 6.25. The molecule has 0 rings (SSSR count).